The maximum absolute atomic E-state index is 12.6. The molecule has 0 atom stereocenters. The van der Waals surface area contributed by atoms with Crippen LogP contribution < -0.4 is 4.74 Å². The molecule has 3 aromatic rings. The third-order valence-corrected chi connectivity index (χ3v) is 5.72. The van der Waals surface area contributed by atoms with E-state index in [9.17, 15) is 10.1 Å². The number of nitrogens with zero attached hydrogens (tertiary/aromatic N) is 5. The SMILES string of the molecule is COc1ccc(-c2nnc(SCC(=O)N(C)C(C)(C)C#N)n2-c2ccccc2)cc1. The molecule has 1 amide bonds. The van der Waals surface area contributed by atoms with Gasteiger partial charge in [0.15, 0.2) is 11.0 Å². The minimum absolute atomic E-state index is 0.148. The molecule has 0 saturated carbocycles. The van der Waals surface area contributed by atoms with Crippen LogP contribution in [0, 0.1) is 11.3 Å². The smallest absolute Gasteiger partial charge is 0.234 e. The monoisotopic (exact) mass is 421 g/mol. The first-order valence-electron chi connectivity index (χ1n) is 9.33. The zero-order valence-corrected chi connectivity index (χ0v) is 18.2. The van der Waals surface area contributed by atoms with Crippen molar-refractivity contribution in [2.75, 3.05) is 19.9 Å². The number of carbonyl (C=O) groups is 1. The lowest BCUT2D eigenvalue weighted by Gasteiger charge is -2.28. The van der Waals surface area contributed by atoms with E-state index >= 15 is 0 Å². The Bertz CT molecular complexity index is 1060. The Labute approximate surface area is 180 Å². The number of amides is 1. The van der Waals surface area contributed by atoms with Crippen molar-refractivity contribution in [3.8, 4) is 28.9 Å². The van der Waals surface area contributed by atoms with Gasteiger partial charge in [-0.1, -0.05) is 30.0 Å². The van der Waals surface area contributed by atoms with Gasteiger partial charge < -0.3 is 9.64 Å². The molecule has 8 heteroatoms. The van der Waals surface area contributed by atoms with E-state index in [1.54, 1.807) is 28.0 Å². The van der Waals surface area contributed by atoms with Gasteiger partial charge in [0.2, 0.25) is 5.91 Å². The highest BCUT2D eigenvalue weighted by molar-refractivity contribution is 7.99. The van der Waals surface area contributed by atoms with Gasteiger partial charge in [-0.25, -0.2) is 0 Å². The summed E-state index contributed by atoms with van der Waals surface area (Å²) < 4.78 is 7.16. The molecule has 3 rings (SSSR count). The number of hydrogen-bond donors (Lipinski definition) is 0. The number of para-hydroxylation sites is 1. The lowest BCUT2D eigenvalue weighted by atomic mass is 10.1. The highest BCUT2D eigenvalue weighted by Crippen LogP contribution is 2.29. The molecule has 0 spiro atoms. The number of hydrogen-bond acceptors (Lipinski definition) is 6. The molecule has 0 bridgehead atoms. The molecule has 0 N–H and O–H groups in total. The maximum atomic E-state index is 12.6. The summed E-state index contributed by atoms with van der Waals surface area (Å²) in [6.07, 6.45) is 0. The number of benzene rings is 2. The molecule has 0 aliphatic carbocycles. The van der Waals surface area contributed by atoms with Crippen LogP contribution in [0.15, 0.2) is 59.8 Å². The summed E-state index contributed by atoms with van der Waals surface area (Å²) in [6.45, 7) is 3.42. The Morgan fingerprint density at radius 1 is 1.17 bits per heavy atom. The van der Waals surface area contributed by atoms with Gasteiger partial charge >= 0.3 is 0 Å². The Morgan fingerprint density at radius 3 is 2.43 bits per heavy atom. The number of methoxy groups -OCH3 is 1. The van der Waals surface area contributed by atoms with Crippen LogP contribution in [-0.4, -0.2) is 51.0 Å². The number of rotatable bonds is 7. The summed E-state index contributed by atoms with van der Waals surface area (Å²) in [5.74, 6) is 1.42. The van der Waals surface area contributed by atoms with Crippen LogP contribution in [0.3, 0.4) is 0 Å². The van der Waals surface area contributed by atoms with E-state index in [1.165, 1.54) is 16.7 Å². The number of carbonyl (C=O) groups excluding carboxylic acids is 1. The Balaban J connectivity index is 1.93. The Hall–Kier alpha value is -3.31. The first kappa shape index (κ1) is 21.4. The molecule has 0 unspecified atom stereocenters. The molecule has 154 valence electrons. The minimum Gasteiger partial charge on any atom is -0.497 e. The average molecular weight is 422 g/mol. The number of nitriles is 1. The van der Waals surface area contributed by atoms with Crippen LogP contribution in [-0.2, 0) is 4.79 Å². The van der Waals surface area contributed by atoms with E-state index in [2.05, 4.69) is 16.3 Å². The standard InChI is InChI=1S/C22H23N5O2S/c1-22(2,15-23)26(3)19(28)14-30-21-25-24-20(16-10-12-18(29-4)13-11-16)27(21)17-8-6-5-7-9-17/h5-13H,14H2,1-4H3. The number of aromatic nitrogens is 3. The lowest BCUT2D eigenvalue weighted by molar-refractivity contribution is -0.130. The van der Waals surface area contributed by atoms with E-state index in [0.29, 0.717) is 11.0 Å². The van der Waals surface area contributed by atoms with Crippen molar-refractivity contribution >= 4 is 17.7 Å². The van der Waals surface area contributed by atoms with Crippen molar-refractivity contribution in [1.29, 1.82) is 5.26 Å². The molecule has 0 aliphatic heterocycles. The van der Waals surface area contributed by atoms with Crippen molar-refractivity contribution in [1.82, 2.24) is 19.7 Å². The van der Waals surface area contributed by atoms with Crippen LogP contribution in [0.25, 0.3) is 17.1 Å². The first-order valence-corrected chi connectivity index (χ1v) is 10.3. The van der Waals surface area contributed by atoms with Crippen molar-refractivity contribution in [3.63, 3.8) is 0 Å². The molecular weight excluding hydrogens is 398 g/mol. The summed E-state index contributed by atoms with van der Waals surface area (Å²) in [4.78, 5) is 14.1. The van der Waals surface area contributed by atoms with Gasteiger partial charge in [0.1, 0.15) is 11.3 Å². The van der Waals surface area contributed by atoms with Crippen LogP contribution >= 0.6 is 11.8 Å². The van der Waals surface area contributed by atoms with Gasteiger partial charge in [0.05, 0.1) is 18.9 Å². The van der Waals surface area contributed by atoms with Gasteiger partial charge in [-0.15, -0.1) is 10.2 Å². The van der Waals surface area contributed by atoms with E-state index < -0.39 is 5.54 Å². The fourth-order valence-corrected chi connectivity index (χ4v) is 3.58. The Morgan fingerprint density at radius 2 is 1.83 bits per heavy atom. The largest absolute Gasteiger partial charge is 0.497 e. The van der Waals surface area contributed by atoms with E-state index in [-0.39, 0.29) is 11.7 Å². The van der Waals surface area contributed by atoms with Crippen molar-refractivity contribution < 1.29 is 9.53 Å². The highest BCUT2D eigenvalue weighted by Gasteiger charge is 2.27. The average Bonchev–Trinajstić information content (AvgIpc) is 3.21. The summed E-state index contributed by atoms with van der Waals surface area (Å²) in [6, 6.07) is 19.5. The molecule has 0 saturated heterocycles. The van der Waals surface area contributed by atoms with Crippen LogP contribution in [0.1, 0.15) is 13.8 Å². The first-order chi connectivity index (χ1) is 14.4. The molecule has 2 aromatic carbocycles. The van der Waals surface area contributed by atoms with E-state index in [0.717, 1.165) is 17.0 Å². The second kappa shape index (κ2) is 9.01. The van der Waals surface area contributed by atoms with Gasteiger partial charge in [-0.05, 0) is 50.2 Å². The Kier molecular flexibility index (Phi) is 6.43. The minimum atomic E-state index is -0.876. The van der Waals surface area contributed by atoms with Crippen LogP contribution in [0.4, 0.5) is 0 Å². The van der Waals surface area contributed by atoms with Gasteiger partial charge in [-0.3, -0.25) is 9.36 Å². The molecule has 0 radical (unpaired) electrons. The van der Waals surface area contributed by atoms with E-state index in [1.807, 2.05) is 59.2 Å². The molecule has 0 aliphatic rings. The molecular formula is C22H23N5O2S. The summed E-state index contributed by atoms with van der Waals surface area (Å²) in [5.41, 5.74) is 0.904. The second-order valence-electron chi connectivity index (χ2n) is 7.12. The van der Waals surface area contributed by atoms with Crippen LogP contribution in [0.2, 0.25) is 0 Å². The third kappa shape index (κ3) is 4.47. The zero-order chi connectivity index (χ0) is 21.7. The second-order valence-corrected chi connectivity index (χ2v) is 8.06. The zero-order valence-electron chi connectivity index (χ0n) is 17.4. The predicted octanol–water partition coefficient (Wildman–Crippen LogP) is 3.80. The third-order valence-electron chi connectivity index (χ3n) is 4.81. The quantitative estimate of drug-likeness (QED) is 0.540. The molecule has 30 heavy (non-hydrogen) atoms. The predicted molar refractivity (Wildman–Crippen MR) is 117 cm³/mol. The topological polar surface area (TPSA) is 84.0 Å². The molecule has 1 aromatic heterocycles. The number of thioether (sulfide) groups is 1. The van der Waals surface area contributed by atoms with Crippen molar-refractivity contribution in [2.24, 2.45) is 0 Å². The summed E-state index contributed by atoms with van der Waals surface area (Å²) in [5, 5.41) is 18.6. The fraction of sp³-hybridized carbons (Fsp3) is 0.273. The highest BCUT2D eigenvalue weighted by atomic mass is 32.2. The van der Waals surface area contributed by atoms with Gasteiger partial charge in [0.25, 0.3) is 0 Å². The van der Waals surface area contributed by atoms with Crippen LogP contribution in [0.5, 0.6) is 5.75 Å². The normalized spacial score (nSPS) is 11.0. The van der Waals surface area contributed by atoms with Gasteiger partial charge in [0, 0.05) is 18.3 Å². The van der Waals surface area contributed by atoms with E-state index in [4.69, 9.17) is 4.74 Å². The molecule has 7 nitrogen and oxygen atoms in total. The molecule has 0 fully saturated rings. The van der Waals surface area contributed by atoms with Crippen molar-refractivity contribution in [2.45, 2.75) is 24.5 Å². The fourth-order valence-electron chi connectivity index (χ4n) is 2.71. The maximum Gasteiger partial charge on any atom is 0.234 e. The number of ether oxygens (including phenoxy) is 1. The van der Waals surface area contributed by atoms with Gasteiger partial charge in [-0.2, -0.15) is 5.26 Å². The van der Waals surface area contributed by atoms with Crippen molar-refractivity contribution in [3.05, 3.63) is 54.6 Å². The summed E-state index contributed by atoms with van der Waals surface area (Å²) in [7, 11) is 3.26. The lowest BCUT2D eigenvalue weighted by Crippen LogP contribution is -2.44. The summed E-state index contributed by atoms with van der Waals surface area (Å²) >= 11 is 1.29. The molecule has 1 heterocycles.